The Morgan fingerprint density at radius 1 is 1.10 bits per heavy atom. The van der Waals surface area contributed by atoms with Crippen LogP contribution < -0.4 is 5.32 Å². The zero-order valence-corrected chi connectivity index (χ0v) is 6.34. The zero-order valence-electron chi connectivity index (χ0n) is 6.34. The summed E-state index contributed by atoms with van der Waals surface area (Å²) in [5.74, 6) is 1.94. The van der Waals surface area contributed by atoms with Crippen molar-refractivity contribution in [1.82, 2.24) is 5.32 Å². The first kappa shape index (κ1) is 6.41. The fourth-order valence-electron chi connectivity index (χ4n) is 2.10. The van der Waals surface area contributed by atoms with Gasteiger partial charge < -0.3 is 5.32 Å². The van der Waals surface area contributed by atoms with Crippen LogP contribution in [-0.2, 0) is 0 Å². The lowest BCUT2D eigenvalue weighted by molar-refractivity contribution is 0.409. The van der Waals surface area contributed by atoms with E-state index in [1.165, 1.54) is 32.4 Å². The highest BCUT2D eigenvalue weighted by atomic mass is 14.9. The molecule has 1 nitrogen and oxygen atoms in total. The molecule has 2 atom stereocenters. The van der Waals surface area contributed by atoms with Crippen molar-refractivity contribution < 1.29 is 0 Å². The maximum absolute atomic E-state index is 3.46. The summed E-state index contributed by atoms with van der Waals surface area (Å²) in [4.78, 5) is 0. The summed E-state index contributed by atoms with van der Waals surface area (Å²) in [5.41, 5.74) is 0. The Morgan fingerprint density at radius 3 is 3.00 bits per heavy atom. The molecule has 1 saturated heterocycles. The molecule has 0 aromatic rings. The Morgan fingerprint density at radius 2 is 2.00 bits per heavy atom. The van der Waals surface area contributed by atoms with Crippen molar-refractivity contribution in [3.63, 3.8) is 0 Å². The molecule has 2 rings (SSSR count). The van der Waals surface area contributed by atoms with Crippen molar-refractivity contribution in [2.45, 2.75) is 19.3 Å². The van der Waals surface area contributed by atoms with Gasteiger partial charge >= 0.3 is 0 Å². The molecule has 56 valence electrons. The molecule has 0 spiro atoms. The molecular weight excluding hydrogens is 122 g/mol. The average Bonchev–Trinajstić information content (AvgIpc) is 2.28. The third kappa shape index (κ3) is 1.10. The van der Waals surface area contributed by atoms with E-state index in [9.17, 15) is 0 Å². The third-order valence-electron chi connectivity index (χ3n) is 2.79. The SMILES string of the molecule is C1=CC[C@@H]2CNC[C@@H]2CC1. The van der Waals surface area contributed by atoms with Gasteiger partial charge in [-0.05, 0) is 44.2 Å². The molecule has 1 N–H and O–H groups in total. The fraction of sp³-hybridized carbons (Fsp3) is 0.778. The normalized spacial score (nSPS) is 39.2. The monoisotopic (exact) mass is 137 g/mol. The Bertz CT molecular complexity index is 140. The second kappa shape index (κ2) is 2.75. The van der Waals surface area contributed by atoms with Crippen molar-refractivity contribution in [3.8, 4) is 0 Å². The number of rotatable bonds is 0. The summed E-state index contributed by atoms with van der Waals surface area (Å²) < 4.78 is 0. The standard InChI is InChI=1S/C9H15N/c1-2-4-8-6-10-7-9(8)5-3-1/h1-2,8-10H,3-7H2/t8-,9+/m1/s1. The van der Waals surface area contributed by atoms with Gasteiger partial charge in [-0.3, -0.25) is 0 Å². The van der Waals surface area contributed by atoms with Crippen molar-refractivity contribution in [3.05, 3.63) is 12.2 Å². The van der Waals surface area contributed by atoms with Crippen LogP contribution in [0.2, 0.25) is 0 Å². The number of hydrogen-bond donors (Lipinski definition) is 1. The van der Waals surface area contributed by atoms with Crippen LogP contribution in [0.4, 0.5) is 0 Å². The molecule has 1 heteroatoms. The summed E-state index contributed by atoms with van der Waals surface area (Å²) in [5, 5.41) is 3.46. The Balaban J connectivity index is 2.02. The Hall–Kier alpha value is -0.300. The Kier molecular flexibility index (Phi) is 1.76. The molecule has 0 unspecified atom stereocenters. The number of allylic oxidation sites excluding steroid dienone is 2. The molecule has 0 saturated carbocycles. The molecule has 1 heterocycles. The van der Waals surface area contributed by atoms with E-state index in [0.717, 1.165) is 11.8 Å². The number of hydrogen-bond acceptors (Lipinski definition) is 1. The second-order valence-corrected chi connectivity index (χ2v) is 3.46. The molecule has 10 heavy (non-hydrogen) atoms. The summed E-state index contributed by atoms with van der Waals surface area (Å²) in [7, 11) is 0. The average molecular weight is 137 g/mol. The van der Waals surface area contributed by atoms with Gasteiger partial charge in [-0.2, -0.15) is 0 Å². The fourth-order valence-corrected chi connectivity index (χ4v) is 2.10. The minimum Gasteiger partial charge on any atom is -0.316 e. The van der Waals surface area contributed by atoms with Gasteiger partial charge in [0.1, 0.15) is 0 Å². The molecule has 0 aromatic carbocycles. The summed E-state index contributed by atoms with van der Waals surface area (Å²) in [6.45, 7) is 2.53. The van der Waals surface area contributed by atoms with Gasteiger partial charge in [0.25, 0.3) is 0 Å². The second-order valence-electron chi connectivity index (χ2n) is 3.46. The van der Waals surface area contributed by atoms with Gasteiger partial charge in [0, 0.05) is 0 Å². The van der Waals surface area contributed by atoms with Crippen LogP contribution in [0, 0.1) is 11.8 Å². The summed E-state index contributed by atoms with van der Waals surface area (Å²) in [6.07, 6.45) is 8.74. The third-order valence-corrected chi connectivity index (χ3v) is 2.79. The zero-order chi connectivity index (χ0) is 6.81. The predicted molar refractivity (Wildman–Crippen MR) is 42.8 cm³/mol. The molecule has 1 fully saturated rings. The van der Waals surface area contributed by atoms with Crippen LogP contribution in [0.15, 0.2) is 12.2 Å². The van der Waals surface area contributed by atoms with Crippen molar-refractivity contribution in [1.29, 1.82) is 0 Å². The molecule has 2 aliphatic rings. The highest BCUT2D eigenvalue weighted by Gasteiger charge is 2.25. The van der Waals surface area contributed by atoms with E-state index in [-0.39, 0.29) is 0 Å². The molecule has 1 aliphatic carbocycles. The van der Waals surface area contributed by atoms with E-state index in [0.29, 0.717) is 0 Å². The maximum atomic E-state index is 3.46. The topological polar surface area (TPSA) is 12.0 Å². The quantitative estimate of drug-likeness (QED) is 0.500. The predicted octanol–water partition coefficient (Wildman–Crippen LogP) is 1.56. The lowest BCUT2D eigenvalue weighted by Crippen LogP contribution is -2.09. The van der Waals surface area contributed by atoms with Gasteiger partial charge in [-0.25, -0.2) is 0 Å². The van der Waals surface area contributed by atoms with Gasteiger partial charge in [0.2, 0.25) is 0 Å². The van der Waals surface area contributed by atoms with Gasteiger partial charge in [0.15, 0.2) is 0 Å². The first-order valence-electron chi connectivity index (χ1n) is 4.32. The number of fused-ring (bicyclic) bond motifs is 1. The van der Waals surface area contributed by atoms with Crippen molar-refractivity contribution >= 4 is 0 Å². The number of nitrogens with one attached hydrogen (secondary N) is 1. The van der Waals surface area contributed by atoms with E-state index in [1.54, 1.807) is 0 Å². The van der Waals surface area contributed by atoms with Crippen molar-refractivity contribution in [2.75, 3.05) is 13.1 Å². The van der Waals surface area contributed by atoms with Crippen LogP contribution >= 0.6 is 0 Å². The van der Waals surface area contributed by atoms with Crippen LogP contribution in [-0.4, -0.2) is 13.1 Å². The van der Waals surface area contributed by atoms with Gasteiger partial charge in [-0.15, -0.1) is 0 Å². The van der Waals surface area contributed by atoms with Crippen molar-refractivity contribution in [2.24, 2.45) is 11.8 Å². The summed E-state index contributed by atoms with van der Waals surface area (Å²) >= 11 is 0. The van der Waals surface area contributed by atoms with E-state index in [4.69, 9.17) is 0 Å². The first-order chi connectivity index (χ1) is 4.97. The van der Waals surface area contributed by atoms with Gasteiger partial charge in [-0.1, -0.05) is 12.2 Å². The molecule has 0 radical (unpaired) electrons. The highest BCUT2D eigenvalue weighted by Crippen LogP contribution is 2.27. The van der Waals surface area contributed by atoms with Gasteiger partial charge in [0.05, 0.1) is 0 Å². The molecule has 0 amide bonds. The van der Waals surface area contributed by atoms with Crippen LogP contribution in [0.1, 0.15) is 19.3 Å². The molecule has 0 aromatic heterocycles. The van der Waals surface area contributed by atoms with E-state index < -0.39 is 0 Å². The minimum absolute atomic E-state index is 0.957. The maximum Gasteiger partial charge on any atom is -0.00143 e. The van der Waals surface area contributed by atoms with E-state index >= 15 is 0 Å². The lowest BCUT2D eigenvalue weighted by atomic mass is 9.91. The molecule has 0 bridgehead atoms. The van der Waals surface area contributed by atoms with Crippen LogP contribution in [0.3, 0.4) is 0 Å². The van der Waals surface area contributed by atoms with Crippen LogP contribution in [0.5, 0.6) is 0 Å². The first-order valence-corrected chi connectivity index (χ1v) is 4.32. The Labute approximate surface area is 62.5 Å². The van der Waals surface area contributed by atoms with Crippen LogP contribution in [0.25, 0.3) is 0 Å². The highest BCUT2D eigenvalue weighted by molar-refractivity contribution is 4.94. The lowest BCUT2D eigenvalue weighted by Gasteiger charge is -2.12. The minimum atomic E-state index is 0.957. The van der Waals surface area contributed by atoms with E-state index in [2.05, 4.69) is 17.5 Å². The molecular formula is C9H15N. The smallest absolute Gasteiger partial charge is 0.00143 e. The summed E-state index contributed by atoms with van der Waals surface area (Å²) in [6, 6.07) is 0. The largest absolute Gasteiger partial charge is 0.316 e. The van der Waals surface area contributed by atoms with E-state index in [1.807, 2.05) is 0 Å². The molecule has 1 aliphatic heterocycles.